The summed E-state index contributed by atoms with van der Waals surface area (Å²) in [5.74, 6) is 0. The third kappa shape index (κ3) is 2.70. The SMILES string of the molecule is CNC(c1cc(C)cc(C)c1)c1cccc2ccccc12. The first-order valence-corrected chi connectivity index (χ1v) is 7.42. The summed E-state index contributed by atoms with van der Waals surface area (Å²) in [5.41, 5.74) is 5.28. The van der Waals surface area contributed by atoms with Crippen molar-refractivity contribution in [2.45, 2.75) is 19.9 Å². The van der Waals surface area contributed by atoms with Crippen LogP contribution >= 0.6 is 0 Å². The summed E-state index contributed by atoms with van der Waals surface area (Å²) in [6, 6.07) is 22.1. The summed E-state index contributed by atoms with van der Waals surface area (Å²) in [6.45, 7) is 4.32. The Bertz CT molecular complexity index is 748. The summed E-state index contributed by atoms with van der Waals surface area (Å²) < 4.78 is 0. The average Bonchev–Trinajstić information content (AvgIpc) is 2.47. The van der Waals surface area contributed by atoms with Gasteiger partial charge in [-0.25, -0.2) is 0 Å². The third-order valence-electron chi connectivity index (χ3n) is 4.00. The molecule has 0 heterocycles. The highest BCUT2D eigenvalue weighted by molar-refractivity contribution is 5.86. The van der Waals surface area contributed by atoms with Crippen LogP contribution in [0, 0.1) is 13.8 Å². The van der Waals surface area contributed by atoms with Gasteiger partial charge in [0.15, 0.2) is 0 Å². The van der Waals surface area contributed by atoms with Crippen LogP contribution in [0.2, 0.25) is 0 Å². The van der Waals surface area contributed by atoms with E-state index < -0.39 is 0 Å². The maximum atomic E-state index is 3.48. The van der Waals surface area contributed by atoms with Gasteiger partial charge in [0.25, 0.3) is 0 Å². The van der Waals surface area contributed by atoms with Crippen LogP contribution in [-0.2, 0) is 0 Å². The zero-order chi connectivity index (χ0) is 14.8. The monoisotopic (exact) mass is 275 g/mol. The molecule has 0 aliphatic heterocycles. The molecule has 0 saturated heterocycles. The van der Waals surface area contributed by atoms with Gasteiger partial charge in [-0.05, 0) is 42.8 Å². The van der Waals surface area contributed by atoms with Crippen molar-refractivity contribution >= 4 is 10.8 Å². The Morgan fingerprint density at radius 3 is 2.19 bits per heavy atom. The Kier molecular flexibility index (Phi) is 3.76. The second-order valence-electron chi connectivity index (χ2n) is 5.71. The van der Waals surface area contributed by atoms with Crippen LogP contribution in [0.1, 0.15) is 28.3 Å². The smallest absolute Gasteiger partial charge is 0.0580 e. The molecule has 3 aromatic rings. The molecule has 0 spiro atoms. The van der Waals surface area contributed by atoms with Gasteiger partial charge in [0.2, 0.25) is 0 Å². The fourth-order valence-corrected chi connectivity index (χ4v) is 3.18. The lowest BCUT2D eigenvalue weighted by Crippen LogP contribution is -2.18. The number of hydrogen-bond acceptors (Lipinski definition) is 1. The minimum absolute atomic E-state index is 0.217. The topological polar surface area (TPSA) is 12.0 Å². The van der Waals surface area contributed by atoms with Gasteiger partial charge in [0.1, 0.15) is 0 Å². The highest BCUT2D eigenvalue weighted by atomic mass is 14.9. The molecule has 0 saturated carbocycles. The van der Waals surface area contributed by atoms with Crippen molar-refractivity contribution in [2.75, 3.05) is 7.05 Å². The lowest BCUT2D eigenvalue weighted by Gasteiger charge is -2.20. The van der Waals surface area contributed by atoms with E-state index in [-0.39, 0.29) is 6.04 Å². The normalized spacial score (nSPS) is 12.5. The molecule has 1 N–H and O–H groups in total. The Morgan fingerprint density at radius 2 is 1.48 bits per heavy atom. The summed E-state index contributed by atoms with van der Waals surface area (Å²) in [6.07, 6.45) is 0. The standard InChI is InChI=1S/C20H21N/c1-14-11-15(2)13-17(12-14)20(21-3)19-10-6-8-16-7-4-5-9-18(16)19/h4-13,20-21H,1-3H3. The van der Waals surface area contributed by atoms with Gasteiger partial charge in [0, 0.05) is 0 Å². The minimum atomic E-state index is 0.217. The first kappa shape index (κ1) is 13.8. The van der Waals surface area contributed by atoms with Crippen molar-refractivity contribution in [1.82, 2.24) is 5.32 Å². The Balaban J connectivity index is 2.18. The molecule has 1 heteroatoms. The van der Waals surface area contributed by atoms with Crippen molar-refractivity contribution in [2.24, 2.45) is 0 Å². The van der Waals surface area contributed by atoms with Gasteiger partial charge >= 0.3 is 0 Å². The van der Waals surface area contributed by atoms with Gasteiger partial charge in [-0.15, -0.1) is 0 Å². The molecule has 3 rings (SSSR count). The van der Waals surface area contributed by atoms with Gasteiger partial charge < -0.3 is 5.32 Å². The molecular weight excluding hydrogens is 254 g/mol. The van der Waals surface area contributed by atoms with Crippen molar-refractivity contribution in [1.29, 1.82) is 0 Å². The number of hydrogen-bond donors (Lipinski definition) is 1. The Hall–Kier alpha value is -2.12. The fraction of sp³-hybridized carbons (Fsp3) is 0.200. The molecule has 0 aliphatic rings. The van der Waals surface area contributed by atoms with E-state index in [2.05, 4.69) is 79.8 Å². The van der Waals surface area contributed by atoms with Crippen LogP contribution < -0.4 is 5.32 Å². The average molecular weight is 275 g/mol. The van der Waals surface area contributed by atoms with Crippen LogP contribution in [0.5, 0.6) is 0 Å². The number of fused-ring (bicyclic) bond motifs is 1. The first-order chi connectivity index (χ1) is 10.2. The summed E-state index contributed by atoms with van der Waals surface area (Å²) in [5, 5.41) is 6.09. The van der Waals surface area contributed by atoms with E-state index in [0.717, 1.165) is 0 Å². The number of nitrogens with one attached hydrogen (secondary N) is 1. The van der Waals surface area contributed by atoms with Crippen molar-refractivity contribution in [3.05, 3.63) is 82.9 Å². The largest absolute Gasteiger partial charge is 0.309 e. The van der Waals surface area contributed by atoms with Gasteiger partial charge in [-0.1, -0.05) is 71.8 Å². The number of rotatable bonds is 3. The maximum absolute atomic E-state index is 3.48. The Morgan fingerprint density at radius 1 is 0.810 bits per heavy atom. The highest BCUT2D eigenvalue weighted by Gasteiger charge is 2.15. The van der Waals surface area contributed by atoms with Crippen molar-refractivity contribution in [3.8, 4) is 0 Å². The van der Waals surface area contributed by atoms with Gasteiger partial charge in [-0.3, -0.25) is 0 Å². The van der Waals surface area contributed by atoms with Crippen LogP contribution in [0.4, 0.5) is 0 Å². The molecule has 1 unspecified atom stereocenters. The second kappa shape index (κ2) is 5.71. The molecule has 0 aromatic heterocycles. The molecule has 21 heavy (non-hydrogen) atoms. The quantitative estimate of drug-likeness (QED) is 0.726. The minimum Gasteiger partial charge on any atom is -0.309 e. The highest BCUT2D eigenvalue weighted by Crippen LogP contribution is 2.29. The van der Waals surface area contributed by atoms with E-state index >= 15 is 0 Å². The zero-order valence-corrected chi connectivity index (χ0v) is 12.9. The van der Waals surface area contributed by atoms with Crippen molar-refractivity contribution in [3.63, 3.8) is 0 Å². The van der Waals surface area contributed by atoms with E-state index in [4.69, 9.17) is 0 Å². The predicted octanol–water partition coefficient (Wildman–Crippen LogP) is 4.77. The lowest BCUT2D eigenvalue weighted by atomic mass is 9.92. The molecule has 3 aromatic carbocycles. The van der Waals surface area contributed by atoms with E-state index in [0.29, 0.717) is 0 Å². The Labute approximate surface area is 126 Å². The predicted molar refractivity (Wildman–Crippen MR) is 90.8 cm³/mol. The molecule has 0 radical (unpaired) electrons. The van der Waals surface area contributed by atoms with E-state index in [9.17, 15) is 0 Å². The van der Waals surface area contributed by atoms with E-state index in [1.165, 1.54) is 33.0 Å². The molecular formula is C20H21N. The molecule has 0 amide bonds. The van der Waals surface area contributed by atoms with Crippen LogP contribution in [0.25, 0.3) is 10.8 Å². The number of aryl methyl sites for hydroxylation is 2. The summed E-state index contributed by atoms with van der Waals surface area (Å²) >= 11 is 0. The lowest BCUT2D eigenvalue weighted by molar-refractivity contribution is 0.695. The maximum Gasteiger partial charge on any atom is 0.0580 e. The van der Waals surface area contributed by atoms with Crippen LogP contribution in [0.3, 0.4) is 0 Å². The van der Waals surface area contributed by atoms with Crippen LogP contribution in [0.15, 0.2) is 60.7 Å². The molecule has 106 valence electrons. The molecule has 0 aliphatic carbocycles. The molecule has 1 nitrogen and oxygen atoms in total. The fourth-order valence-electron chi connectivity index (χ4n) is 3.18. The van der Waals surface area contributed by atoms with E-state index in [1.807, 2.05) is 7.05 Å². The second-order valence-corrected chi connectivity index (χ2v) is 5.71. The molecule has 0 bridgehead atoms. The molecule has 1 atom stereocenters. The number of benzene rings is 3. The van der Waals surface area contributed by atoms with Crippen LogP contribution in [-0.4, -0.2) is 7.05 Å². The molecule has 0 fully saturated rings. The van der Waals surface area contributed by atoms with Gasteiger partial charge in [-0.2, -0.15) is 0 Å². The third-order valence-corrected chi connectivity index (χ3v) is 4.00. The summed E-state index contributed by atoms with van der Waals surface area (Å²) in [7, 11) is 2.03. The zero-order valence-electron chi connectivity index (χ0n) is 12.9. The van der Waals surface area contributed by atoms with Crippen molar-refractivity contribution < 1.29 is 0 Å². The summed E-state index contributed by atoms with van der Waals surface area (Å²) in [4.78, 5) is 0. The first-order valence-electron chi connectivity index (χ1n) is 7.42. The van der Waals surface area contributed by atoms with Gasteiger partial charge in [0.05, 0.1) is 6.04 Å². The van der Waals surface area contributed by atoms with E-state index in [1.54, 1.807) is 0 Å².